The lowest BCUT2D eigenvalue weighted by atomic mass is 9.66. The first kappa shape index (κ1) is 36.5. The number of hydrogen-bond donors (Lipinski definition) is 0. The van der Waals surface area contributed by atoms with Crippen LogP contribution in [0, 0.1) is 0 Å². The fourth-order valence-electron chi connectivity index (χ4n) is 9.73. The normalized spacial score (nSPS) is 15.0. The molecule has 1 unspecified atom stereocenters. The molecular weight excluding hydrogens is 805 g/mol. The molecule has 10 aromatic rings. The summed E-state index contributed by atoms with van der Waals surface area (Å²) in [4.78, 5) is 30.2. The van der Waals surface area contributed by atoms with Crippen molar-refractivity contribution in [3.05, 3.63) is 229 Å². The summed E-state index contributed by atoms with van der Waals surface area (Å²) in [5.41, 5.74) is 13.0. The predicted octanol–water partition coefficient (Wildman–Crippen LogP) is 13.7. The molecule has 3 aromatic heterocycles. The van der Waals surface area contributed by atoms with Gasteiger partial charge in [-0.05, 0) is 59.7 Å². The van der Waals surface area contributed by atoms with Gasteiger partial charge in [-0.1, -0.05) is 157 Å². The molecule has 1 aliphatic carbocycles. The van der Waals surface area contributed by atoms with Gasteiger partial charge in [0, 0.05) is 61.9 Å². The van der Waals surface area contributed by atoms with Crippen LogP contribution in [0.5, 0.6) is 11.5 Å². The van der Waals surface area contributed by atoms with Crippen LogP contribution in [0.3, 0.4) is 0 Å². The Morgan fingerprint density at radius 3 is 1.86 bits per heavy atom. The van der Waals surface area contributed by atoms with Crippen LogP contribution in [-0.4, -0.2) is 24.9 Å². The Kier molecular flexibility index (Phi) is 8.23. The van der Waals surface area contributed by atoms with Crippen LogP contribution in [0.4, 0.5) is 17.1 Å². The molecule has 0 amide bonds. The smallest absolute Gasteiger partial charge is 0.164 e. The van der Waals surface area contributed by atoms with Gasteiger partial charge in [0.05, 0.1) is 33.1 Å². The third-order valence-electron chi connectivity index (χ3n) is 12.5. The van der Waals surface area contributed by atoms with E-state index < -0.39 is 5.41 Å². The van der Waals surface area contributed by atoms with E-state index in [9.17, 15) is 0 Å². The highest BCUT2D eigenvalue weighted by Gasteiger charge is 2.53. The lowest BCUT2D eigenvalue weighted by Gasteiger charge is -2.41. The van der Waals surface area contributed by atoms with Gasteiger partial charge in [0.1, 0.15) is 11.5 Å². The van der Waals surface area contributed by atoms with E-state index in [1.807, 2.05) is 85.2 Å². The van der Waals surface area contributed by atoms with Crippen molar-refractivity contribution in [2.75, 3.05) is 4.90 Å². The second-order valence-electron chi connectivity index (χ2n) is 16.0. The molecule has 0 N–H and O–H groups in total. The summed E-state index contributed by atoms with van der Waals surface area (Å²) in [7, 11) is 0. The maximum Gasteiger partial charge on any atom is 0.164 e. The molecular formula is C56H34N6OS. The molecule has 64 heavy (non-hydrogen) atoms. The van der Waals surface area contributed by atoms with Gasteiger partial charge in [-0.15, -0.1) is 0 Å². The highest BCUT2D eigenvalue weighted by Crippen LogP contribution is 2.65. The first-order valence-corrected chi connectivity index (χ1v) is 22.1. The van der Waals surface area contributed by atoms with Crippen molar-refractivity contribution >= 4 is 28.8 Å². The predicted molar refractivity (Wildman–Crippen MR) is 253 cm³/mol. The number of ether oxygens (including phenoxy) is 1. The van der Waals surface area contributed by atoms with Crippen LogP contribution >= 0.6 is 11.8 Å². The van der Waals surface area contributed by atoms with Crippen molar-refractivity contribution in [3.8, 4) is 68.2 Å². The number of aromatic nitrogens is 5. The number of benzene rings is 7. The minimum Gasteiger partial charge on any atom is -0.455 e. The van der Waals surface area contributed by atoms with Gasteiger partial charge in [-0.25, -0.2) is 15.0 Å². The molecule has 7 aromatic carbocycles. The largest absolute Gasteiger partial charge is 0.455 e. The van der Waals surface area contributed by atoms with E-state index in [0.29, 0.717) is 17.5 Å². The zero-order chi connectivity index (χ0) is 42.2. The van der Waals surface area contributed by atoms with Gasteiger partial charge in [-0.3, -0.25) is 9.97 Å². The van der Waals surface area contributed by atoms with Gasteiger partial charge in [0.2, 0.25) is 0 Å². The van der Waals surface area contributed by atoms with Crippen LogP contribution in [0.2, 0.25) is 0 Å². The molecule has 0 bridgehead atoms. The number of rotatable bonds is 5. The van der Waals surface area contributed by atoms with Crippen LogP contribution < -0.4 is 9.64 Å². The Balaban J connectivity index is 1.04. The van der Waals surface area contributed by atoms with E-state index in [-0.39, 0.29) is 0 Å². The summed E-state index contributed by atoms with van der Waals surface area (Å²) < 4.78 is 7.17. The second-order valence-corrected chi connectivity index (χ2v) is 17.0. The third-order valence-corrected chi connectivity index (χ3v) is 13.6. The Bertz CT molecular complexity index is 3420. The number of para-hydroxylation sites is 3. The molecule has 0 fully saturated rings. The molecule has 5 heterocycles. The number of fused-ring (bicyclic) bond motifs is 12. The van der Waals surface area contributed by atoms with Crippen molar-refractivity contribution in [2.24, 2.45) is 0 Å². The fraction of sp³-hybridized carbons (Fsp3) is 0.0179. The molecule has 1 spiro atoms. The van der Waals surface area contributed by atoms with Crippen LogP contribution in [0.15, 0.2) is 216 Å². The van der Waals surface area contributed by atoms with Crippen LogP contribution in [0.1, 0.15) is 22.3 Å². The van der Waals surface area contributed by atoms with E-state index >= 15 is 0 Å². The fourth-order valence-corrected chi connectivity index (χ4v) is 10.9. The summed E-state index contributed by atoms with van der Waals surface area (Å²) in [6, 6.07) is 67.2. The van der Waals surface area contributed by atoms with Crippen molar-refractivity contribution in [3.63, 3.8) is 0 Å². The van der Waals surface area contributed by atoms with Crippen molar-refractivity contribution in [2.45, 2.75) is 15.2 Å². The van der Waals surface area contributed by atoms with E-state index in [1.165, 1.54) is 0 Å². The number of pyridine rings is 2. The second kappa shape index (κ2) is 14.4. The highest BCUT2D eigenvalue weighted by molar-refractivity contribution is 7.99. The minimum absolute atomic E-state index is 0.581. The Labute approximate surface area is 373 Å². The van der Waals surface area contributed by atoms with E-state index in [1.54, 1.807) is 11.8 Å². The topological polar surface area (TPSA) is 76.9 Å². The molecule has 0 saturated heterocycles. The summed E-state index contributed by atoms with van der Waals surface area (Å²) in [6.45, 7) is 0. The van der Waals surface area contributed by atoms with E-state index in [2.05, 4.69) is 126 Å². The lowest BCUT2D eigenvalue weighted by Crippen LogP contribution is -2.33. The summed E-state index contributed by atoms with van der Waals surface area (Å²) >= 11 is 1.76. The first-order valence-electron chi connectivity index (χ1n) is 21.2. The van der Waals surface area contributed by atoms with Gasteiger partial charge in [0.25, 0.3) is 0 Å². The maximum absolute atomic E-state index is 7.17. The minimum atomic E-state index is -0.806. The Hall–Kier alpha value is -8.20. The molecule has 0 saturated carbocycles. The van der Waals surface area contributed by atoms with Crippen LogP contribution in [-0.2, 0) is 5.41 Å². The maximum atomic E-state index is 7.17. The SMILES string of the molecule is c1ccc(-c2nc(-c3ccccc3)nc(-c3ccccc3-c3cnc4c(c3)C3(c5ccccc5Oc5c3ccc3c5Sc5ccccc5N3c3ccccc3)c3cccnc3-4)n2)cc1. The molecule has 8 heteroatoms. The summed E-state index contributed by atoms with van der Waals surface area (Å²) in [5, 5.41) is 0. The van der Waals surface area contributed by atoms with Crippen molar-refractivity contribution < 1.29 is 4.74 Å². The zero-order valence-corrected chi connectivity index (χ0v) is 34.9. The van der Waals surface area contributed by atoms with Crippen molar-refractivity contribution in [1.29, 1.82) is 0 Å². The van der Waals surface area contributed by atoms with Gasteiger partial charge in [-0.2, -0.15) is 0 Å². The molecule has 0 radical (unpaired) electrons. The Morgan fingerprint density at radius 2 is 1.08 bits per heavy atom. The average Bonchev–Trinajstić information content (AvgIpc) is 3.66. The first-order chi connectivity index (χ1) is 31.7. The molecule has 2 aliphatic heterocycles. The van der Waals surface area contributed by atoms with Gasteiger partial charge >= 0.3 is 0 Å². The molecule has 7 nitrogen and oxygen atoms in total. The average molecular weight is 839 g/mol. The van der Waals surface area contributed by atoms with E-state index in [4.69, 9.17) is 29.7 Å². The van der Waals surface area contributed by atoms with E-state index in [0.717, 1.165) is 99.8 Å². The summed E-state index contributed by atoms with van der Waals surface area (Å²) in [5.74, 6) is 3.43. The molecule has 300 valence electrons. The van der Waals surface area contributed by atoms with Crippen LogP contribution in [0.25, 0.3) is 56.7 Å². The molecule has 1 atom stereocenters. The standard InChI is InChI=1S/C56H34N6OS/c1-4-17-35(18-5-1)53-59-54(36-19-6-2-7-20-36)61-55(60-53)40-24-11-10-23-39(40)37-33-44-50(58-34-37)49-42(26-16-32-57-49)56(44)41-25-12-14-28-47(41)63-51-43(56)30-31-46-52(51)64-48-29-15-13-27-45(48)62(46)38-21-8-3-9-22-38/h1-34H. The quantitative estimate of drug-likeness (QED) is 0.170. The zero-order valence-electron chi connectivity index (χ0n) is 34.1. The number of hydrogen-bond acceptors (Lipinski definition) is 8. The van der Waals surface area contributed by atoms with Gasteiger partial charge < -0.3 is 9.64 Å². The molecule has 13 rings (SSSR count). The lowest BCUT2D eigenvalue weighted by molar-refractivity contribution is 0.426. The Morgan fingerprint density at radius 1 is 0.453 bits per heavy atom. The summed E-state index contributed by atoms with van der Waals surface area (Å²) in [6.07, 6.45) is 3.83. The number of nitrogens with zero attached hydrogens (tertiary/aromatic N) is 6. The van der Waals surface area contributed by atoms with Gasteiger partial charge in [0.15, 0.2) is 17.5 Å². The molecule has 3 aliphatic rings. The number of anilines is 3. The monoisotopic (exact) mass is 838 g/mol. The highest BCUT2D eigenvalue weighted by atomic mass is 32.2. The third kappa shape index (κ3) is 5.46. The van der Waals surface area contributed by atoms with Crippen molar-refractivity contribution in [1.82, 2.24) is 24.9 Å².